The van der Waals surface area contributed by atoms with Gasteiger partial charge < -0.3 is 10.2 Å². The zero-order valence-electron chi connectivity index (χ0n) is 16.7. The van der Waals surface area contributed by atoms with Crippen LogP contribution in [-0.2, 0) is 0 Å². The number of carbonyl (C=O) groups excluding carboxylic acids is 1. The third-order valence-electron chi connectivity index (χ3n) is 6.23. The second kappa shape index (κ2) is 7.71. The largest absolute Gasteiger partial charge is 0.324 e. The van der Waals surface area contributed by atoms with Gasteiger partial charge in [0.1, 0.15) is 11.6 Å². The molecule has 0 bridgehead atoms. The van der Waals surface area contributed by atoms with Crippen LogP contribution in [0.3, 0.4) is 0 Å². The van der Waals surface area contributed by atoms with Gasteiger partial charge in [-0.1, -0.05) is 6.07 Å². The molecule has 2 aliphatic heterocycles. The summed E-state index contributed by atoms with van der Waals surface area (Å²) in [6.07, 6.45) is 5.51. The van der Waals surface area contributed by atoms with Gasteiger partial charge in [0.25, 0.3) is 0 Å². The van der Waals surface area contributed by atoms with Crippen molar-refractivity contribution in [3.8, 4) is 0 Å². The molecule has 4 rings (SSSR count). The molecule has 1 aromatic carbocycles. The lowest BCUT2D eigenvalue weighted by molar-refractivity contribution is -0.123. The summed E-state index contributed by atoms with van der Waals surface area (Å²) in [7, 11) is 0. The van der Waals surface area contributed by atoms with Gasteiger partial charge in [-0.05, 0) is 50.5 Å². The molecule has 2 saturated heterocycles. The van der Waals surface area contributed by atoms with E-state index in [9.17, 15) is 13.6 Å². The molecule has 2 aliphatic rings. The van der Waals surface area contributed by atoms with Crippen LogP contribution >= 0.6 is 0 Å². The van der Waals surface area contributed by atoms with Gasteiger partial charge in [-0.3, -0.25) is 9.88 Å². The Morgan fingerprint density at radius 1 is 1.21 bits per heavy atom. The molecule has 2 fully saturated rings. The number of nitrogens with one attached hydrogen (secondary N) is 1. The first-order chi connectivity index (χ1) is 13.9. The second-order valence-corrected chi connectivity index (χ2v) is 8.39. The van der Waals surface area contributed by atoms with Crippen molar-refractivity contribution in [2.75, 3.05) is 25.0 Å². The summed E-state index contributed by atoms with van der Waals surface area (Å²) < 4.78 is 26.7. The first-order valence-electron chi connectivity index (χ1n) is 10.1. The highest BCUT2D eigenvalue weighted by atomic mass is 19.1. The summed E-state index contributed by atoms with van der Waals surface area (Å²) in [5, 5.41) is 2.61. The van der Waals surface area contributed by atoms with Crippen molar-refractivity contribution in [2.45, 2.75) is 38.8 Å². The minimum absolute atomic E-state index is 0.134. The molecule has 7 heteroatoms. The summed E-state index contributed by atoms with van der Waals surface area (Å²) in [6, 6.07) is 7.56. The highest BCUT2D eigenvalue weighted by molar-refractivity contribution is 5.89. The number of anilines is 1. The van der Waals surface area contributed by atoms with Crippen LogP contribution in [0.2, 0.25) is 0 Å². The molecule has 1 N–H and O–H groups in total. The fourth-order valence-electron chi connectivity index (χ4n) is 4.76. The Morgan fingerprint density at radius 2 is 1.90 bits per heavy atom. The molecule has 1 unspecified atom stereocenters. The Hall–Kier alpha value is -2.54. The van der Waals surface area contributed by atoms with Crippen molar-refractivity contribution >= 4 is 11.7 Å². The van der Waals surface area contributed by atoms with E-state index in [4.69, 9.17) is 0 Å². The fraction of sp³-hybridized carbons (Fsp3) is 0.455. The Labute approximate surface area is 169 Å². The number of halogens is 2. The molecule has 0 saturated carbocycles. The van der Waals surface area contributed by atoms with Crippen LogP contribution in [-0.4, -0.2) is 46.5 Å². The number of pyridine rings is 1. The number of amides is 2. The SMILES string of the molecule is CC(C)N1CC2(CCN(C(=O)Nc3cc(F)cc(F)c3)CC2)C1c1cccnc1. The fourth-order valence-corrected chi connectivity index (χ4v) is 4.76. The maximum Gasteiger partial charge on any atom is 0.321 e. The topological polar surface area (TPSA) is 48.5 Å². The van der Waals surface area contributed by atoms with Gasteiger partial charge in [0.05, 0.1) is 0 Å². The van der Waals surface area contributed by atoms with Gasteiger partial charge in [-0.2, -0.15) is 0 Å². The van der Waals surface area contributed by atoms with Crippen LogP contribution in [0.25, 0.3) is 0 Å². The van der Waals surface area contributed by atoms with Crippen LogP contribution in [0.5, 0.6) is 0 Å². The molecular weight excluding hydrogens is 374 g/mol. The summed E-state index contributed by atoms with van der Waals surface area (Å²) in [5.41, 5.74) is 1.49. The molecule has 29 heavy (non-hydrogen) atoms. The van der Waals surface area contributed by atoms with Gasteiger partial charge in [0.15, 0.2) is 0 Å². The quantitative estimate of drug-likeness (QED) is 0.829. The molecule has 2 amide bonds. The molecule has 154 valence electrons. The zero-order valence-corrected chi connectivity index (χ0v) is 16.7. The highest BCUT2D eigenvalue weighted by Crippen LogP contribution is 2.55. The number of benzene rings is 1. The maximum absolute atomic E-state index is 13.4. The molecule has 1 spiro atoms. The van der Waals surface area contributed by atoms with Crippen molar-refractivity contribution in [3.05, 3.63) is 59.9 Å². The van der Waals surface area contributed by atoms with Crippen molar-refractivity contribution in [1.82, 2.24) is 14.8 Å². The molecule has 0 radical (unpaired) electrons. The van der Waals surface area contributed by atoms with E-state index in [1.807, 2.05) is 12.3 Å². The summed E-state index contributed by atoms with van der Waals surface area (Å²) >= 11 is 0. The van der Waals surface area contributed by atoms with E-state index in [0.29, 0.717) is 25.2 Å². The molecule has 1 aromatic heterocycles. The predicted octanol–water partition coefficient (Wildman–Crippen LogP) is 4.44. The number of nitrogens with zero attached hydrogens (tertiary/aromatic N) is 3. The molecule has 2 aromatic rings. The van der Waals surface area contributed by atoms with Gasteiger partial charge in [0.2, 0.25) is 0 Å². The number of hydrogen-bond acceptors (Lipinski definition) is 3. The van der Waals surface area contributed by atoms with Gasteiger partial charge >= 0.3 is 6.03 Å². The summed E-state index contributed by atoms with van der Waals surface area (Å²) in [6.45, 7) is 6.65. The van der Waals surface area contributed by atoms with E-state index in [0.717, 1.165) is 37.6 Å². The van der Waals surface area contributed by atoms with Gasteiger partial charge in [-0.15, -0.1) is 0 Å². The maximum atomic E-state index is 13.4. The average Bonchev–Trinajstić information content (AvgIpc) is 2.66. The summed E-state index contributed by atoms with van der Waals surface area (Å²) in [5.74, 6) is -1.42. The smallest absolute Gasteiger partial charge is 0.321 e. The van der Waals surface area contributed by atoms with E-state index < -0.39 is 11.6 Å². The molecular formula is C22H26F2N4O. The van der Waals surface area contributed by atoms with Crippen LogP contribution in [0.15, 0.2) is 42.7 Å². The van der Waals surface area contributed by atoms with Gasteiger partial charge in [-0.25, -0.2) is 13.6 Å². The van der Waals surface area contributed by atoms with Crippen LogP contribution in [0.1, 0.15) is 38.3 Å². The lowest BCUT2D eigenvalue weighted by Crippen LogP contribution is -2.64. The van der Waals surface area contributed by atoms with Crippen LogP contribution < -0.4 is 5.32 Å². The van der Waals surface area contributed by atoms with E-state index >= 15 is 0 Å². The number of aromatic nitrogens is 1. The standard InChI is InChI=1S/C22H26F2N4O/c1-15(2)28-14-22(20(28)16-4-3-7-25-13-16)5-8-27(9-6-22)21(29)26-19-11-17(23)10-18(24)12-19/h3-4,7,10-13,15,20H,5-6,8-9,14H2,1-2H3,(H,26,29). The van der Waals surface area contributed by atoms with E-state index in [2.05, 4.69) is 35.1 Å². The van der Waals surface area contributed by atoms with Crippen molar-refractivity contribution < 1.29 is 13.6 Å². The lowest BCUT2D eigenvalue weighted by Gasteiger charge is -2.62. The van der Waals surface area contributed by atoms with E-state index in [-0.39, 0.29) is 17.1 Å². The normalized spacial score (nSPS) is 21.3. The monoisotopic (exact) mass is 400 g/mol. The number of carbonyl (C=O) groups is 1. The lowest BCUT2D eigenvalue weighted by atomic mass is 9.63. The minimum atomic E-state index is -0.708. The highest BCUT2D eigenvalue weighted by Gasteiger charge is 2.54. The van der Waals surface area contributed by atoms with Crippen molar-refractivity contribution in [3.63, 3.8) is 0 Å². The Kier molecular flexibility index (Phi) is 5.25. The van der Waals surface area contributed by atoms with Crippen LogP contribution in [0.4, 0.5) is 19.3 Å². The number of rotatable bonds is 3. The van der Waals surface area contributed by atoms with Crippen molar-refractivity contribution in [1.29, 1.82) is 0 Å². The molecule has 3 heterocycles. The molecule has 1 atom stereocenters. The first kappa shape index (κ1) is 19.8. The number of urea groups is 1. The Morgan fingerprint density at radius 3 is 2.48 bits per heavy atom. The number of hydrogen-bond donors (Lipinski definition) is 1. The third-order valence-corrected chi connectivity index (χ3v) is 6.23. The summed E-state index contributed by atoms with van der Waals surface area (Å²) in [4.78, 5) is 21.1. The first-order valence-corrected chi connectivity index (χ1v) is 10.1. The van der Waals surface area contributed by atoms with Crippen LogP contribution in [0, 0.1) is 17.0 Å². The predicted molar refractivity (Wildman–Crippen MR) is 107 cm³/mol. The average molecular weight is 400 g/mol. The Bertz CT molecular complexity index is 861. The van der Waals surface area contributed by atoms with E-state index in [1.54, 1.807) is 11.1 Å². The second-order valence-electron chi connectivity index (χ2n) is 8.39. The zero-order chi connectivity index (χ0) is 20.6. The van der Waals surface area contributed by atoms with E-state index in [1.165, 1.54) is 5.56 Å². The minimum Gasteiger partial charge on any atom is -0.324 e. The Balaban J connectivity index is 1.43. The van der Waals surface area contributed by atoms with Crippen molar-refractivity contribution in [2.24, 2.45) is 5.41 Å². The number of piperidine rings is 1. The number of likely N-dealkylation sites (tertiary alicyclic amines) is 2. The van der Waals surface area contributed by atoms with Gasteiger partial charge in [0, 0.05) is 61.3 Å². The molecule has 0 aliphatic carbocycles. The molecule has 5 nitrogen and oxygen atoms in total. The third kappa shape index (κ3) is 3.83.